The molecular weight excluding hydrogens is 275 g/mol. The summed E-state index contributed by atoms with van der Waals surface area (Å²) in [5.41, 5.74) is 2.69. The molecule has 2 heteroatoms. The van der Waals surface area contributed by atoms with Crippen molar-refractivity contribution in [3.8, 4) is 0 Å². The molecule has 2 rings (SSSR count). The zero-order valence-corrected chi connectivity index (χ0v) is 10.1. The van der Waals surface area contributed by atoms with Gasteiger partial charge < -0.3 is 4.74 Å². The fraction of sp³-hybridized carbons (Fsp3) is 0.455. The van der Waals surface area contributed by atoms with E-state index in [1.807, 2.05) is 0 Å². The average molecular weight is 288 g/mol. The van der Waals surface area contributed by atoms with Crippen LogP contribution >= 0.6 is 22.6 Å². The Morgan fingerprint density at radius 2 is 2.15 bits per heavy atom. The summed E-state index contributed by atoms with van der Waals surface area (Å²) in [6.45, 7) is 5.13. The van der Waals surface area contributed by atoms with Crippen LogP contribution in [0, 0.1) is 3.57 Å². The quantitative estimate of drug-likeness (QED) is 0.667. The number of rotatable bonds is 0. The second kappa shape index (κ2) is 3.24. The van der Waals surface area contributed by atoms with Crippen LogP contribution in [0.3, 0.4) is 0 Å². The summed E-state index contributed by atoms with van der Waals surface area (Å²) in [6.07, 6.45) is 1.05. The molecule has 0 radical (unpaired) electrons. The summed E-state index contributed by atoms with van der Waals surface area (Å²) >= 11 is 2.35. The van der Waals surface area contributed by atoms with E-state index in [9.17, 15) is 0 Å². The zero-order chi connectivity index (χ0) is 9.47. The Hall–Kier alpha value is -0.0900. The lowest BCUT2D eigenvalue weighted by Gasteiger charge is -2.32. The molecule has 1 aliphatic rings. The normalized spacial score (nSPS) is 19.6. The summed E-state index contributed by atoms with van der Waals surface area (Å²) in [6, 6.07) is 6.62. The minimum atomic E-state index is -0.102. The maximum absolute atomic E-state index is 5.74. The summed E-state index contributed by atoms with van der Waals surface area (Å²) < 4.78 is 7.03. The summed E-state index contributed by atoms with van der Waals surface area (Å²) in [5.74, 6) is 0. The summed E-state index contributed by atoms with van der Waals surface area (Å²) in [5, 5.41) is 0. The van der Waals surface area contributed by atoms with Gasteiger partial charge in [-0.05, 0) is 66.1 Å². The van der Waals surface area contributed by atoms with Gasteiger partial charge in [-0.1, -0.05) is 6.07 Å². The fourth-order valence-corrected chi connectivity index (χ4v) is 2.31. The van der Waals surface area contributed by atoms with Crippen LogP contribution < -0.4 is 0 Å². The molecule has 0 aromatic heterocycles. The monoisotopic (exact) mass is 288 g/mol. The molecule has 1 heterocycles. The van der Waals surface area contributed by atoms with Crippen molar-refractivity contribution in [3.05, 3.63) is 32.9 Å². The molecule has 13 heavy (non-hydrogen) atoms. The Bertz CT molecular complexity index is 331. The van der Waals surface area contributed by atoms with Crippen molar-refractivity contribution < 1.29 is 4.74 Å². The number of benzene rings is 1. The molecule has 0 N–H and O–H groups in total. The van der Waals surface area contributed by atoms with E-state index in [-0.39, 0.29) is 5.60 Å². The van der Waals surface area contributed by atoms with E-state index in [0.717, 1.165) is 13.0 Å². The van der Waals surface area contributed by atoms with Gasteiger partial charge in [-0.2, -0.15) is 0 Å². The molecule has 1 aromatic rings. The van der Waals surface area contributed by atoms with Gasteiger partial charge >= 0.3 is 0 Å². The van der Waals surface area contributed by atoms with Crippen molar-refractivity contribution in [2.24, 2.45) is 0 Å². The number of hydrogen-bond acceptors (Lipinski definition) is 1. The Morgan fingerprint density at radius 3 is 2.92 bits per heavy atom. The van der Waals surface area contributed by atoms with Crippen LogP contribution in [0.4, 0.5) is 0 Å². The molecule has 0 fully saturated rings. The highest BCUT2D eigenvalue weighted by Gasteiger charge is 2.27. The predicted octanol–water partition coefficient (Wildman–Crippen LogP) is 3.10. The van der Waals surface area contributed by atoms with E-state index in [0.29, 0.717) is 0 Å². The molecule has 0 atom stereocenters. The molecule has 0 unspecified atom stereocenters. The van der Waals surface area contributed by atoms with Gasteiger partial charge in [0.1, 0.15) is 0 Å². The lowest BCUT2D eigenvalue weighted by molar-refractivity contribution is -0.0315. The molecule has 1 aliphatic heterocycles. The highest BCUT2D eigenvalue weighted by atomic mass is 127. The van der Waals surface area contributed by atoms with Gasteiger partial charge in [0.25, 0.3) is 0 Å². The Kier molecular flexibility index (Phi) is 2.36. The molecule has 0 saturated carbocycles. The van der Waals surface area contributed by atoms with Crippen LogP contribution in [0.25, 0.3) is 0 Å². The Labute approximate surface area is 92.6 Å². The summed E-state index contributed by atoms with van der Waals surface area (Å²) in [4.78, 5) is 0. The number of fused-ring (bicyclic) bond motifs is 1. The lowest BCUT2D eigenvalue weighted by atomic mass is 9.89. The van der Waals surface area contributed by atoms with Gasteiger partial charge in [0.05, 0.1) is 12.2 Å². The molecule has 0 amide bonds. The maximum Gasteiger partial charge on any atom is 0.0878 e. The predicted molar refractivity (Wildman–Crippen MR) is 61.8 cm³/mol. The lowest BCUT2D eigenvalue weighted by Crippen LogP contribution is -2.29. The van der Waals surface area contributed by atoms with Gasteiger partial charge in [0.15, 0.2) is 0 Å². The molecule has 1 aromatic carbocycles. The van der Waals surface area contributed by atoms with Crippen molar-refractivity contribution in [1.29, 1.82) is 0 Å². The molecule has 0 saturated heterocycles. The van der Waals surface area contributed by atoms with Crippen molar-refractivity contribution in [2.45, 2.75) is 25.9 Å². The third-order valence-electron chi connectivity index (χ3n) is 2.55. The smallest absolute Gasteiger partial charge is 0.0878 e. The fourth-order valence-electron chi connectivity index (χ4n) is 1.82. The van der Waals surface area contributed by atoms with E-state index in [2.05, 4.69) is 54.6 Å². The third kappa shape index (κ3) is 1.74. The van der Waals surface area contributed by atoms with Crippen LogP contribution in [0.5, 0.6) is 0 Å². The van der Waals surface area contributed by atoms with Gasteiger partial charge in [0, 0.05) is 3.57 Å². The van der Waals surface area contributed by atoms with Gasteiger partial charge in [-0.15, -0.1) is 0 Å². The van der Waals surface area contributed by atoms with E-state index in [1.54, 1.807) is 0 Å². The van der Waals surface area contributed by atoms with Gasteiger partial charge in [-0.3, -0.25) is 0 Å². The molecule has 0 bridgehead atoms. The number of halogens is 1. The van der Waals surface area contributed by atoms with Gasteiger partial charge in [-0.25, -0.2) is 0 Å². The van der Waals surface area contributed by atoms with Crippen LogP contribution in [-0.4, -0.2) is 6.61 Å². The molecule has 1 nitrogen and oxygen atoms in total. The van der Waals surface area contributed by atoms with E-state index in [1.165, 1.54) is 14.7 Å². The van der Waals surface area contributed by atoms with Crippen LogP contribution in [-0.2, 0) is 16.8 Å². The maximum atomic E-state index is 5.74. The first kappa shape index (κ1) is 9.46. The largest absolute Gasteiger partial charge is 0.371 e. The van der Waals surface area contributed by atoms with Crippen molar-refractivity contribution in [2.75, 3.05) is 6.61 Å². The highest BCUT2D eigenvalue weighted by Crippen LogP contribution is 2.33. The van der Waals surface area contributed by atoms with Crippen molar-refractivity contribution in [3.63, 3.8) is 0 Å². The van der Waals surface area contributed by atoms with Crippen LogP contribution in [0.15, 0.2) is 18.2 Å². The van der Waals surface area contributed by atoms with E-state index < -0.39 is 0 Å². The minimum Gasteiger partial charge on any atom is -0.371 e. The van der Waals surface area contributed by atoms with Crippen molar-refractivity contribution in [1.82, 2.24) is 0 Å². The molecular formula is C11H13IO. The van der Waals surface area contributed by atoms with Gasteiger partial charge in [0.2, 0.25) is 0 Å². The minimum absolute atomic E-state index is 0.102. The van der Waals surface area contributed by atoms with Crippen LogP contribution in [0.1, 0.15) is 25.0 Å². The second-order valence-corrected chi connectivity index (χ2v) is 5.16. The topological polar surface area (TPSA) is 9.23 Å². The van der Waals surface area contributed by atoms with Crippen LogP contribution in [0.2, 0.25) is 0 Å². The first-order valence-electron chi connectivity index (χ1n) is 4.52. The second-order valence-electron chi connectivity index (χ2n) is 3.91. The highest BCUT2D eigenvalue weighted by molar-refractivity contribution is 14.1. The zero-order valence-electron chi connectivity index (χ0n) is 7.93. The summed E-state index contributed by atoms with van der Waals surface area (Å²) in [7, 11) is 0. The molecule has 0 aliphatic carbocycles. The molecule has 70 valence electrons. The number of hydrogen-bond donors (Lipinski definition) is 0. The average Bonchev–Trinajstić information content (AvgIpc) is 2.06. The third-order valence-corrected chi connectivity index (χ3v) is 3.23. The molecule has 0 spiro atoms. The standard InChI is InChI=1S/C11H13IO/c1-11(2)10-7-9(12)4-3-8(10)5-6-13-11/h3-4,7H,5-6H2,1-2H3. The van der Waals surface area contributed by atoms with E-state index in [4.69, 9.17) is 4.74 Å². The SMILES string of the molecule is CC1(C)OCCc2ccc(I)cc21. The Balaban J connectivity index is 2.55. The van der Waals surface area contributed by atoms with E-state index >= 15 is 0 Å². The number of ether oxygens (including phenoxy) is 1. The van der Waals surface area contributed by atoms with Crippen molar-refractivity contribution >= 4 is 22.6 Å². The Morgan fingerprint density at radius 1 is 1.38 bits per heavy atom. The first-order valence-corrected chi connectivity index (χ1v) is 5.60. The first-order chi connectivity index (χ1) is 6.09.